The summed E-state index contributed by atoms with van der Waals surface area (Å²) < 4.78 is 12.3. The van der Waals surface area contributed by atoms with Gasteiger partial charge in [-0.3, -0.25) is 4.79 Å². The molecule has 5 heterocycles. The van der Waals surface area contributed by atoms with Crippen molar-refractivity contribution in [1.29, 1.82) is 0 Å². The Morgan fingerprint density at radius 2 is 1.83 bits per heavy atom. The molecule has 2 aromatic rings. The summed E-state index contributed by atoms with van der Waals surface area (Å²) >= 11 is 1.91. The number of ether oxygens (including phenoxy) is 2. The first-order valence-electron chi connectivity index (χ1n) is 15.5. The van der Waals surface area contributed by atoms with E-state index in [-0.39, 0.29) is 35.0 Å². The van der Waals surface area contributed by atoms with Gasteiger partial charge in [0.25, 0.3) is 0 Å². The number of unbranched alkanes of at least 4 members (excludes halogenated alkanes) is 2. The molecule has 4 atom stereocenters. The third-order valence-corrected chi connectivity index (χ3v) is 11.2. The van der Waals surface area contributed by atoms with Crippen LogP contribution in [0, 0.1) is 5.41 Å². The molecule has 1 saturated heterocycles. The molecule has 0 amide bonds. The van der Waals surface area contributed by atoms with Gasteiger partial charge in [0, 0.05) is 46.5 Å². The maximum Gasteiger partial charge on any atom is 0.305 e. The summed E-state index contributed by atoms with van der Waals surface area (Å²) in [4.78, 5) is 18.4. The molecule has 6 heteroatoms. The van der Waals surface area contributed by atoms with E-state index in [1.165, 1.54) is 38.0 Å². The number of piperidine rings is 1. The van der Waals surface area contributed by atoms with E-state index >= 15 is 0 Å². The van der Waals surface area contributed by atoms with Crippen LogP contribution >= 0.6 is 11.8 Å². The van der Waals surface area contributed by atoms with Crippen molar-refractivity contribution in [2.75, 3.05) is 29.5 Å². The van der Waals surface area contributed by atoms with E-state index < -0.39 is 0 Å². The summed E-state index contributed by atoms with van der Waals surface area (Å²) in [6.45, 7) is 11.6. The Bertz CT molecular complexity index is 1430. The molecule has 5 aliphatic rings. The molecule has 0 spiro atoms. The predicted octanol–water partition coefficient (Wildman–Crippen LogP) is 7.61. The van der Waals surface area contributed by atoms with E-state index in [1.807, 2.05) is 18.7 Å². The van der Waals surface area contributed by atoms with E-state index in [4.69, 9.17) is 9.47 Å². The Hall–Kier alpha value is -2.70. The summed E-state index contributed by atoms with van der Waals surface area (Å²) in [5.41, 5.74) is 7.00. The van der Waals surface area contributed by atoms with Crippen LogP contribution in [0.25, 0.3) is 0 Å². The minimum absolute atomic E-state index is 0.0108. The Labute approximate surface area is 249 Å². The monoisotopic (exact) mass is 570 g/mol. The Morgan fingerprint density at radius 3 is 2.66 bits per heavy atom. The zero-order valence-corrected chi connectivity index (χ0v) is 25.6. The van der Waals surface area contributed by atoms with Crippen molar-refractivity contribution in [2.45, 2.75) is 94.8 Å². The number of para-hydroxylation sites is 2. The molecule has 41 heavy (non-hydrogen) atoms. The highest BCUT2D eigenvalue weighted by Gasteiger charge is 2.55. The van der Waals surface area contributed by atoms with Gasteiger partial charge in [-0.05, 0) is 61.6 Å². The molecule has 4 unspecified atom stereocenters. The second-order valence-corrected chi connectivity index (χ2v) is 14.3. The molecule has 216 valence electrons. The van der Waals surface area contributed by atoms with Gasteiger partial charge >= 0.3 is 5.97 Å². The Kier molecular flexibility index (Phi) is 6.78. The van der Waals surface area contributed by atoms with E-state index in [9.17, 15) is 4.79 Å². The molecule has 5 nitrogen and oxygen atoms in total. The van der Waals surface area contributed by atoms with Crippen molar-refractivity contribution in [2.24, 2.45) is 5.41 Å². The zero-order valence-electron chi connectivity index (χ0n) is 24.8. The second-order valence-electron chi connectivity index (χ2n) is 13.2. The van der Waals surface area contributed by atoms with E-state index in [0.29, 0.717) is 13.0 Å². The SMILES string of the molecule is CCOC(=O)CCCCCC1(C)c2ccccc2N2CCC3OC4C(=C5Sc6ccccc6N5CC4(C)C)C=C3C21. The van der Waals surface area contributed by atoms with Gasteiger partial charge in [-0.2, -0.15) is 0 Å². The van der Waals surface area contributed by atoms with Crippen molar-refractivity contribution in [3.05, 3.63) is 76.3 Å². The van der Waals surface area contributed by atoms with Crippen molar-refractivity contribution in [1.82, 2.24) is 0 Å². The van der Waals surface area contributed by atoms with Crippen LogP contribution < -0.4 is 9.80 Å². The molecule has 0 aromatic heterocycles. The highest BCUT2D eigenvalue weighted by molar-refractivity contribution is 8.03. The van der Waals surface area contributed by atoms with Crippen LogP contribution in [0.2, 0.25) is 0 Å². The van der Waals surface area contributed by atoms with Crippen LogP contribution in [0.3, 0.4) is 0 Å². The van der Waals surface area contributed by atoms with E-state index in [1.54, 1.807) is 0 Å². The number of carbonyl (C=O) groups excluding carboxylic acids is 1. The third kappa shape index (κ3) is 4.36. The van der Waals surface area contributed by atoms with Crippen LogP contribution in [0.15, 0.2) is 75.7 Å². The molecular weight excluding hydrogens is 528 g/mol. The Morgan fingerprint density at radius 1 is 1.05 bits per heavy atom. The molecule has 5 aliphatic heterocycles. The fourth-order valence-electron chi connectivity index (χ4n) is 8.16. The van der Waals surface area contributed by atoms with Gasteiger partial charge in [-0.15, -0.1) is 0 Å². The average molecular weight is 571 g/mol. The van der Waals surface area contributed by atoms with Gasteiger partial charge in [0.1, 0.15) is 0 Å². The van der Waals surface area contributed by atoms with Gasteiger partial charge in [0.15, 0.2) is 0 Å². The van der Waals surface area contributed by atoms with Gasteiger partial charge in [-0.1, -0.05) is 75.7 Å². The second kappa shape index (κ2) is 10.2. The summed E-state index contributed by atoms with van der Waals surface area (Å²) in [6.07, 6.45) is 8.49. The molecule has 0 N–H and O–H groups in total. The molecule has 1 fully saturated rings. The number of anilines is 2. The maximum absolute atomic E-state index is 11.9. The van der Waals surface area contributed by atoms with Gasteiger partial charge < -0.3 is 19.3 Å². The van der Waals surface area contributed by atoms with Crippen LogP contribution in [-0.2, 0) is 19.7 Å². The van der Waals surface area contributed by atoms with Crippen molar-refractivity contribution < 1.29 is 14.3 Å². The summed E-state index contributed by atoms with van der Waals surface area (Å²) in [6, 6.07) is 18.2. The lowest BCUT2D eigenvalue weighted by molar-refractivity contribution is -0.143. The van der Waals surface area contributed by atoms with Gasteiger partial charge in [-0.25, -0.2) is 0 Å². The first kappa shape index (κ1) is 27.2. The molecule has 7 rings (SSSR count). The zero-order chi connectivity index (χ0) is 28.4. The quantitative estimate of drug-likeness (QED) is 0.252. The summed E-state index contributed by atoms with van der Waals surface area (Å²) in [5.74, 6) is -0.0730. The minimum Gasteiger partial charge on any atom is -0.466 e. The fourth-order valence-corrected chi connectivity index (χ4v) is 9.36. The number of esters is 1. The van der Waals surface area contributed by atoms with Gasteiger partial charge in [0.2, 0.25) is 0 Å². The topological polar surface area (TPSA) is 42.0 Å². The average Bonchev–Trinajstić information content (AvgIpc) is 3.45. The number of hydrogen-bond donors (Lipinski definition) is 0. The molecular formula is C35H42N2O3S. The number of hydrogen-bond acceptors (Lipinski definition) is 6. The normalized spacial score (nSPS) is 28.7. The summed E-state index contributed by atoms with van der Waals surface area (Å²) in [5, 5.41) is 1.36. The first-order chi connectivity index (χ1) is 19.8. The van der Waals surface area contributed by atoms with Gasteiger partial charge in [0.05, 0.1) is 35.6 Å². The number of carbonyl (C=O) groups is 1. The van der Waals surface area contributed by atoms with Crippen LogP contribution in [0.4, 0.5) is 11.4 Å². The predicted molar refractivity (Wildman–Crippen MR) is 166 cm³/mol. The molecule has 0 saturated carbocycles. The molecule has 0 bridgehead atoms. The molecule has 0 aliphatic carbocycles. The van der Waals surface area contributed by atoms with Crippen LogP contribution in [0.5, 0.6) is 0 Å². The third-order valence-electron chi connectivity index (χ3n) is 9.98. The number of nitrogens with zero attached hydrogens (tertiary/aromatic N) is 2. The lowest BCUT2D eigenvalue weighted by Gasteiger charge is -2.52. The lowest BCUT2D eigenvalue weighted by Crippen LogP contribution is -2.57. The lowest BCUT2D eigenvalue weighted by atomic mass is 9.68. The van der Waals surface area contributed by atoms with Crippen LogP contribution in [0.1, 0.15) is 71.8 Å². The highest BCUT2D eigenvalue weighted by Crippen LogP contribution is 2.58. The van der Waals surface area contributed by atoms with Crippen molar-refractivity contribution >= 4 is 29.1 Å². The molecule has 0 radical (unpaired) electrons. The Balaban J connectivity index is 1.24. The smallest absolute Gasteiger partial charge is 0.305 e. The largest absolute Gasteiger partial charge is 0.466 e. The maximum atomic E-state index is 11.9. The minimum atomic E-state index is -0.0730. The number of thioether (sulfide) groups is 1. The first-order valence-corrected chi connectivity index (χ1v) is 16.3. The number of rotatable bonds is 7. The molecule has 2 aromatic carbocycles. The number of benzene rings is 2. The van der Waals surface area contributed by atoms with E-state index in [2.05, 4.69) is 85.2 Å². The highest BCUT2D eigenvalue weighted by atomic mass is 32.2. The van der Waals surface area contributed by atoms with E-state index in [0.717, 1.165) is 45.2 Å². The van der Waals surface area contributed by atoms with Crippen molar-refractivity contribution in [3.63, 3.8) is 0 Å². The fraction of sp³-hybridized carbons (Fsp3) is 0.514. The number of fused-ring (bicyclic) bond motifs is 9. The van der Waals surface area contributed by atoms with Crippen molar-refractivity contribution in [3.8, 4) is 0 Å². The standard InChI is InChI=1S/C35H42N2O3S/c1-5-39-30(38)17-7-6-12-19-35(4)25-13-8-9-14-26(25)36-20-18-28-23(31(35)36)21-24-32(40-28)34(2,3)22-37-27-15-10-11-16-29(27)41-33(24)37/h8-11,13-16,21,28,31-32H,5-7,12,17-20,22H2,1-4H3. The summed E-state index contributed by atoms with van der Waals surface area (Å²) in [7, 11) is 0. The van der Waals surface area contributed by atoms with Crippen LogP contribution in [-0.4, -0.2) is 43.9 Å².